The van der Waals surface area contributed by atoms with E-state index in [1.54, 1.807) is 11.3 Å². The minimum absolute atomic E-state index is 0.250. The van der Waals surface area contributed by atoms with Crippen LogP contribution in [0.3, 0.4) is 0 Å². The van der Waals surface area contributed by atoms with Crippen molar-refractivity contribution in [1.29, 1.82) is 0 Å². The first-order valence-corrected chi connectivity index (χ1v) is 32.5. The number of piperidine rings is 2. The summed E-state index contributed by atoms with van der Waals surface area (Å²) in [6.45, 7) is 14.6. The molecule has 6 heterocycles. The third-order valence-corrected chi connectivity index (χ3v) is 21.3. The van der Waals surface area contributed by atoms with E-state index in [9.17, 15) is 4.79 Å². The molecule has 0 atom stereocenters. The number of carbonyl (C=O) groups is 1. The molecular formula is C71H92N6O4. The Morgan fingerprint density at radius 2 is 0.901 bits per heavy atom. The number of benzene rings is 4. The Hall–Kier alpha value is -5.67. The molecule has 0 radical (unpaired) electrons. The summed E-state index contributed by atoms with van der Waals surface area (Å²) >= 11 is 0. The zero-order valence-electron chi connectivity index (χ0n) is 49.0. The van der Waals surface area contributed by atoms with Crippen molar-refractivity contribution in [2.24, 2.45) is 11.8 Å². The topological polar surface area (TPSA) is 83.3 Å². The largest absolute Gasteiger partial charge is 0.429 e. The normalized spacial score (nSPS) is 21.0. The second-order valence-electron chi connectivity index (χ2n) is 25.9. The maximum absolute atomic E-state index is 11.2. The van der Waals surface area contributed by atoms with Gasteiger partial charge in [0, 0.05) is 96.2 Å². The van der Waals surface area contributed by atoms with E-state index in [-0.39, 0.29) is 6.15 Å². The lowest BCUT2D eigenvalue weighted by atomic mass is 9.81. The Bertz CT molecular complexity index is 3090. The predicted octanol–water partition coefficient (Wildman–Crippen LogP) is 15.7. The highest BCUT2D eigenvalue weighted by Gasteiger charge is 2.34. The number of rotatable bonds is 12. The standard InChI is InChI=1S/C35H45N3O2.C35H47N3.CO2/c39-25-40-29-14-15-30-33(24-29)38-23-22-37(21-18-26-16-19-36(20-17-26)28-10-4-5-11-28)32-13-7-6-12-31(32)35(38)34(30)27-8-2-1-3-9-27;1-26-15-16-30-33(25-26)38-24-23-37(22-19-27-17-20-36(21-18-27)29-11-5-6-12-29)32-14-8-7-13-31(32)35(38)34(30)28-9-3-2-4-10-28;2-1-3/h6-7,12-15,24-28H,1-5,8-11,16-23H2;7-8,13-16,25,27-29H,2-6,9-12,17-24H2,1H3;. The number of fused-ring (bicyclic) bond motifs is 10. The summed E-state index contributed by atoms with van der Waals surface area (Å²) in [5.41, 5.74) is 15.9. The highest BCUT2D eigenvalue weighted by molar-refractivity contribution is 5.97. The van der Waals surface area contributed by atoms with Crippen molar-refractivity contribution in [2.75, 3.05) is 62.2 Å². The van der Waals surface area contributed by atoms with Gasteiger partial charge in [-0.1, -0.05) is 113 Å². The van der Waals surface area contributed by atoms with E-state index in [1.807, 2.05) is 6.07 Å². The van der Waals surface area contributed by atoms with Crippen LogP contribution in [-0.2, 0) is 27.5 Å². The molecule has 10 nitrogen and oxygen atoms in total. The molecule has 2 aromatic heterocycles. The summed E-state index contributed by atoms with van der Waals surface area (Å²) in [4.78, 5) is 38.5. The van der Waals surface area contributed by atoms with Gasteiger partial charge < -0.3 is 33.5 Å². The molecule has 0 bridgehead atoms. The lowest BCUT2D eigenvalue weighted by molar-refractivity contribution is -0.191. The number of aromatic nitrogens is 2. The minimum atomic E-state index is 0.250. The molecule has 4 saturated carbocycles. The van der Waals surface area contributed by atoms with Gasteiger partial charge in [0.15, 0.2) is 0 Å². The summed E-state index contributed by atoms with van der Waals surface area (Å²) in [5, 5.41) is 2.87. The monoisotopic (exact) mass is 1090 g/mol. The van der Waals surface area contributed by atoms with Gasteiger partial charge in [-0.2, -0.15) is 9.59 Å². The van der Waals surface area contributed by atoms with Crippen molar-refractivity contribution in [2.45, 2.75) is 198 Å². The smallest absolute Gasteiger partial charge is 0.373 e. The maximum atomic E-state index is 11.2. The van der Waals surface area contributed by atoms with Crippen LogP contribution >= 0.6 is 0 Å². The number of ether oxygens (including phenoxy) is 1. The van der Waals surface area contributed by atoms with E-state index in [0.717, 1.165) is 56.6 Å². The lowest BCUT2D eigenvalue weighted by Gasteiger charge is -2.37. The maximum Gasteiger partial charge on any atom is 0.373 e. The van der Waals surface area contributed by atoms with E-state index in [4.69, 9.17) is 14.3 Å². The molecule has 81 heavy (non-hydrogen) atoms. The molecule has 2 saturated heterocycles. The van der Waals surface area contributed by atoms with E-state index in [2.05, 4.69) is 115 Å². The van der Waals surface area contributed by atoms with Crippen molar-refractivity contribution < 1.29 is 19.1 Å². The van der Waals surface area contributed by atoms with Crippen molar-refractivity contribution in [3.63, 3.8) is 0 Å². The molecule has 8 aliphatic rings. The average molecular weight is 1090 g/mol. The van der Waals surface area contributed by atoms with Crippen LogP contribution in [-0.4, -0.2) is 96.0 Å². The van der Waals surface area contributed by atoms with Crippen LogP contribution in [0.1, 0.15) is 183 Å². The number of likely N-dealkylation sites (tertiary alicyclic amines) is 2. The number of hydrogen-bond acceptors (Lipinski definition) is 8. The van der Waals surface area contributed by atoms with Gasteiger partial charge in [0.05, 0.1) is 16.9 Å². The van der Waals surface area contributed by atoms with Gasteiger partial charge in [0.25, 0.3) is 6.47 Å². The van der Waals surface area contributed by atoms with Crippen LogP contribution in [0.5, 0.6) is 5.75 Å². The fraction of sp³-hybridized carbons (Fsp3) is 0.577. The molecule has 6 fully saturated rings. The van der Waals surface area contributed by atoms with E-state index < -0.39 is 0 Å². The molecule has 0 unspecified atom stereocenters. The van der Waals surface area contributed by atoms with Gasteiger partial charge in [-0.05, 0) is 194 Å². The minimum Gasteiger partial charge on any atom is -0.429 e. The molecule has 430 valence electrons. The molecule has 14 rings (SSSR count). The Labute approximate surface area is 483 Å². The van der Waals surface area contributed by atoms with Crippen LogP contribution in [0.2, 0.25) is 0 Å². The highest BCUT2D eigenvalue weighted by Crippen LogP contribution is 2.50. The average Bonchev–Trinajstić information content (AvgIpc) is 4.53. The van der Waals surface area contributed by atoms with Gasteiger partial charge in [-0.15, -0.1) is 0 Å². The van der Waals surface area contributed by atoms with Gasteiger partial charge in [0.1, 0.15) is 5.75 Å². The summed E-state index contributed by atoms with van der Waals surface area (Å²) in [6, 6.07) is 33.8. The summed E-state index contributed by atoms with van der Waals surface area (Å²) < 4.78 is 10.6. The first-order valence-electron chi connectivity index (χ1n) is 32.5. The van der Waals surface area contributed by atoms with Crippen LogP contribution < -0.4 is 14.5 Å². The van der Waals surface area contributed by atoms with Crippen molar-refractivity contribution >= 4 is 45.8 Å². The van der Waals surface area contributed by atoms with Gasteiger partial charge in [0.2, 0.25) is 0 Å². The molecule has 0 spiro atoms. The van der Waals surface area contributed by atoms with E-state index >= 15 is 0 Å². The number of hydrogen-bond donors (Lipinski definition) is 0. The van der Waals surface area contributed by atoms with Crippen LogP contribution in [0.25, 0.3) is 44.3 Å². The molecule has 4 aliphatic carbocycles. The predicted molar refractivity (Wildman–Crippen MR) is 330 cm³/mol. The zero-order chi connectivity index (χ0) is 55.1. The van der Waals surface area contributed by atoms with Gasteiger partial charge in [-0.3, -0.25) is 4.79 Å². The van der Waals surface area contributed by atoms with Crippen LogP contribution in [0.15, 0.2) is 84.9 Å². The molecule has 4 aromatic carbocycles. The Morgan fingerprint density at radius 1 is 0.481 bits per heavy atom. The molecular weight excluding hydrogens is 1000 g/mol. The number of anilines is 2. The van der Waals surface area contributed by atoms with Crippen LogP contribution in [0, 0.1) is 18.8 Å². The second-order valence-corrected chi connectivity index (χ2v) is 25.9. The number of carbonyl (C=O) groups excluding carboxylic acids is 3. The molecule has 4 aliphatic heterocycles. The van der Waals surface area contributed by atoms with Crippen molar-refractivity contribution in [3.8, 4) is 28.3 Å². The van der Waals surface area contributed by atoms with Gasteiger partial charge >= 0.3 is 6.15 Å². The van der Waals surface area contributed by atoms with Crippen LogP contribution in [0.4, 0.5) is 11.4 Å². The zero-order valence-corrected chi connectivity index (χ0v) is 49.0. The third-order valence-electron chi connectivity index (χ3n) is 21.3. The Kier molecular flexibility index (Phi) is 18.1. The Balaban J connectivity index is 0.000000154. The van der Waals surface area contributed by atoms with Gasteiger partial charge in [-0.25, -0.2) is 0 Å². The number of aryl methyl sites for hydroxylation is 1. The molecule has 0 amide bonds. The molecule has 6 aromatic rings. The first kappa shape index (κ1) is 55.8. The quantitative estimate of drug-likeness (QED) is 0.112. The highest BCUT2D eigenvalue weighted by atomic mass is 16.5. The third kappa shape index (κ3) is 12.1. The molecule has 0 N–H and O–H groups in total. The second kappa shape index (κ2) is 26.3. The van der Waals surface area contributed by atoms with E-state index in [1.165, 1.54) is 248 Å². The lowest BCUT2D eigenvalue weighted by Crippen LogP contribution is -2.40. The summed E-state index contributed by atoms with van der Waals surface area (Å²) in [7, 11) is 0. The van der Waals surface area contributed by atoms with Crippen molar-refractivity contribution in [1.82, 2.24) is 18.9 Å². The fourth-order valence-corrected chi connectivity index (χ4v) is 17.1. The first-order chi connectivity index (χ1) is 40.0. The van der Waals surface area contributed by atoms with Crippen molar-refractivity contribution in [3.05, 3.63) is 102 Å². The fourth-order valence-electron chi connectivity index (χ4n) is 17.1. The number of nitrogens with zero attached hydrogens (tertiary/aromatic N) is 6. The summed E-state index contributed by atoms with van der Waals surface area (Å²) in [5.74, 6) is 3.66. The number of para-hydroxylation sites is 2. The molecule has 10 heteroatoms. The Morgan fingerprint density at radius 3 is 1.36 bits per heavy atom. The summed E-state index contributed by atoms with van der Waals surface area (Å²) in [6.07, 6.45) is 33.4. The van der Waals surface area contributed by atoms with E-state index in [0.29, 0.717) is 24.1 Å². The SMILES string of the molecule is Cc1ccc2c(C3CCCCC3)c3n(c2c1)CCN(CCC1CCN(C2CCCC2)CC1)c1ccccc1-3.O=C=O.O=COc1ccc2c(C3CCCCC3)c3n(c2c1)CCN(CCC1CCN(C2CCCC2)CC1)c1ccccc1-3.